The van der Waals surface area contributed by atoms with E-state index in [0.29, 0.717) is 0 Å². The summed E-state index contributed by atoms with van der Waals surface area (Å²) >= 11 is 0. The topological polar surface area (TPSA) is 35.5 Å². The molecule has 0 spiro atoms. The zero-order valence-electron chi connectivity index (χ0n) is 15.5. The number of hydrogen-bond donors (Lipinski definition) is 0. The minimum atomic E-state index is -2.17. The molecular weight excluding hydrogens is 319 g/mol. The van der Waals surface area contributed by atoms with Crippen LogP contribution in [0.25, 0.3) is 0 Å². The molecule has 0 fully saturated rings. The summed E-state index contributed by atoms with van der Waals surface area (Å²) < 4.78 is 22.5. The van der Waals surface area contributed by atoms with Crippen molar-refractivity contribution in [2.45, 2.75) is 53.4 Å². The first-order valence-electron chi connectivity index (χ1n) is 8.17. The molecule has 3 nitrogen and oxygen atoms in total. The van der Waals surface area contributed by atoms with Crippen LogP contribution in [-0.4, -0.2) is 13.2 Å². The molecule has 0 aliphatic heterocycles. The Morgan fingerprint density at radius 2 is 1.25 bits per heavy atom. The van der Waals surface area contributed by atoms with E-state index in [2.05, 4.69) is 36.8 Å². The monoisotopic (exact) mass is 349 g/mol. The second-order valence-corrected chi connectivity index (χ2v) is 7.76. The van der Waals surface area contributed by atoms with Gasteiger partial charge in [0, 0.05) is 17.4 Å². The third kappa shape index (κ3) is 13.1. The maximum absolute atomic E-state index is 11.9. The zero-order chi connectivity index (χ0) is 18.5. The van der Waals surface area contributed by atoms with Gasteiger partial charge in [0.2, 0.25) is 0 Å². The lowest BCUT2D eigenvalue weighted by atomic mass is 9.96. The quantitative estimate of drug-likeness (QED) is 0.221. The SMILES string of the molecule is C=CCCC#CC(C)(C)CO[P+](=O)OCC(C)(C)C#CCCC=C. The van der Waals surface area contributed by atoms with E-state index in [9.17, 15) is 4.57 Å². The van der Waals surface area contributed by atoms with Crippen LogP contribution in [0, 0.1) is 34.5 Å². The van der Waals surface area contributed by atoms with Crippen LogP contribution in [0.1, 0.15) is 53.4 Å². The minimum Gasteiger partial charge on any atom is -0.117 e. The molecule has 4 heteroatoms. The fraction of sp³-hybridized carbons (Fsp3) is 0.600. The largest absolute Gasteiger partial charge is 0.697 e. The van der Waals surface area contributed by atoms with Crippen LogP contribution in [0.4, 0.5) is 0 Å². The molecule has 0 atom stereocenters. The van der Waals surface area contributed by atoms with Gasteiger partial charge in [-0.25, -0.2) is 0 Å². The number of hydrogen-bond acceptors (Lipinski definition) is 3. The Morgan fingerprint density at radius 3 is 1.58 bits per heavy atom. The molecule has 0 amide bonds. The van der Waals surface area contributed by atoms with Gasteiger partial charge in [0.05, 0.1) is 10.8 Å². The molecule has 0 rings (SSSR count). The summed E-state index contributed by atoms with van der Waals surface area (Å²) in [5.74, 6) is 12.4. The van der Waals surface area contributed by atoms with Gasteiger partial charge >= 0.3 is 8.25 Å². The van der Waals surface area contributed by atoms with Gasteiger partial charge in [-0.15, -0.1) is 34.0 Å². The Hall–Kier alpha value is -1.38. The molecular formula is C20H30O3P+. The normalized spacial score (nSPS) is 10.8. The lowest BCUT2D eigenvalue weighted by Gasteiger charge is -2.14. The fourth-order valence-electron chi connectivity index (χ4n) is 1.49. The van der Waals surface area contributed by atoms with Crippen molar-refractivity contribution < 1.29 is 13.6 Å². The highest BCUT2D eigenvalue weighted by molar-refractivity contribution is 7.33. The third-order valence-corrected chi connectivity index (χ3v) is 3.54. The van der Waals surface area contributed by atoms with Crippen LogP contribution in [0.15, 0.2) is 25.3 Å². The number of unbranched alkanes of at least 4 members (excludes halogenated alkanes) is 2. The fourth-order valence-corrected chi connectivity index (χ4v) is 2.42. The van der Waals surface area contributed by atoms with Crippen LogP contribution in [0.5, 0.6) is 0 Å². The van der Waals surface area contributed by atoms with Crippen LogP contribution >= 0.6 is 8.25 Å². The Labute approximate surface area is 148 Å². The summed E-state index contributed by atoms with van der Waals surface area (Å²) in [6, 6.07) is 0. The van der Waals surface area contributed by atoms with Crippen LogP contribution in [-0.2, 0) is 13.6 Å². The molecule has 0 bridgehead atoms. The summed E-state index contributed by atoms with van der Waals surface area (Å²) in [7, 11) is -2.17. The molecule has 0 saturated heterocycles. The van der Waals surface area contributed by atoms with E-state index in [1.807, 2.05) is 39.8 Å². The molecule has 0 radical (unpaired) electrons. The van der Waals surface area contributed by atoms with Crippen molar-refractivity contribution in [3.63, 3.8) is 0 Å². The number of allylic oxidation sites excluding steroid dienone is 2. The molecule has 0 aromatic heterocycles. The van der Waals surface area contributed by atoms with E-state index >= 15 is 0 Å². The van der Waals surface area contributed by atoms with Crippen molar-refractivity contribution in [1.82, 2.24) is 0 Å². The Balaban J connectivity index is 4.23. The second kappa shape index (κ2) is 12.0. The molecule has 0 saturated carbocycles. The molecule has 0 unspecified atom stereocenters. The lowest BCUT2D eigenvalue weighted by Crippen LogP contribution is -2.17. The summed E-state index contributed by atoms with van der Waals surface area (Å²) in [6.45, 7) is 15.6. The third-order valence-electron chi connectivity index (χ3n) is 2.86. The first kappa shape index (κ1) is 22.6. The maximum Gasteiger partial charge on any atom is 0.697 e. The minimum absolute atomic E-state index is 0.259. The average molecular weight is 349 g/mol. The van der Waals surface area contributed by atoms with Gasteiger partial charge in [0.1, 0.15) is 13.2 Å². The van der Waals surface area contributed by atoms with E-state index in [4.69, 9.17) is 9.05 Å². The van der Waals surface area contributed by atoms with E-state index in [0.717, 1.165) is 25.7 Å². The molecule has 0 aliphatic rings. The highest BCUT2D eigenvalue weighted by Gasteiger charge is 2.29. The Morgan fingerprint density at radius 1 is 0.875 bits per heavy atom. The zero-order valence-corrected chi connectivity index (χ0v) is 16.4. The van der Waals surface area contributed by atoms with Crippen molar-refractivity contribution in [2.75, 3.05) is 13.2 Å². The molecule has 0 aromatic carbocycles. The van der Waals surface area contributed by atoms with Gasteiger partial charge in [0.15, 0.2) is 0 Å². The van der Waals surface area contributed by atoms with Crippen LogP contribution in [0.3, 0.4) is 0 Å². The molecule has 0 aromatic rings. The summed E-state index contributed by atoms with van der Waals surface area (Å²) in [5.41, 5.74) is -0.731. The Kier molecular flexibility index (Phi) is 11.4. The molecule has 0 aliphatic carbocycles. The van der Waals surface area contributed by atoms with E-state index in [1.54, 1.807) is 0 Å². The van der Waals surface area contributed by atoms with Gasteiger partial charge in [0.25, 0.3) is 0 Å². The van der Waals surface area contributed by atoms with Crippen molar-refractivity contribution >= 4 is 8.25 Å². The van der Waals surface area contributed by atoms with Gasteiger partial charge in [-0.1, -0.05) is 24.0 Å². The predicted molar refractivity (Wildman–Crippen MR) is 101 cm³/mol. The molecule has 0 heterocycles. The summed E-state index contributed by atoms with van der Waals surface area (Å²) in [6.07, 6.45) is 6.95. The first-order valence-corrected chi connectivity index (χ1v) is 9.27. The van der Waals surface area contributed by atoms with E-state index < -0.39 is 8.25 Å². The summed E-state index contributed by atoms with van der Waals surface area (Å²) in [5, 5.41) is 0. The second-order valence-electron chi connectivity index (χ2n) is 6.80. The maximum atomic E-state index is 11.9. The standard InChI is InChI=1S/C20H30O3P/c1-7-9-11-13-15-19(3,4)17-22-24(21)23-18-20(5,6)16-14-12-10-8-2/h7-8H,1-2,9-12,17-18H2,3-6H3/q+1. The van der Waals surface area contributed by atoms with E-state index in [-0.39, 0.29) is 24.0 Å². The van der Waals surface area contributed by atoms with Crippen LogP contribution in [0.2, 0.25) is 0 Å². The van der Waals surface area contributed by atoms with E-state index in [1.165, 1.54) is 0 Å². The highest BCUT2D eigenvalue weighted by Crippen LogP contribution is 2.30. The smallest absolute Gasteiger partial charge is 0.117 e. The molecule has 24 heavy (non-hydrogen) atoms. The van der Waals surface area contributed by atoms with Crippen LogP contribution < -0.4 is 0 Å². The average Bonchev–Trinajstić information content (AvgIpc) is 2.52. The van der Waals surface area contributed by atoms with Crippen molar-refractivity contribution in [3.8, 4) is 23.7 Å². The Bertz CT molecular complexity index is 491. The number of rotatable bonds is 10. The summed E-state index contributed by atoms with van der Waals surface area (Å²) in [4.78, 5) is 0. The van der Waals surface area contributed by atoms with Gasteiger partial charge in [-0.2, -0.15) is 0 Å². The lowest BCUT2D eigenvalue weighted by molar-refractivity contribution is 0.160. The van der Waals surface area contributed by atoms with Gasteiger partial charge in [-0.3, -0.25) is 0 Å². The van der Waals surface area contributed by atoms with Crippen molar-refractivity contribution in [2.24, 2.45) is 10.8 Å². The highest BCUT2D eigenvalue weighted by atomic mass is 31.1. The van der Waals surface area contributed by atoms with Gasteiger partial charge < -0.3 is 0 Å². The van der Waals surface area contributed by atoms with Crippen molar-refractivity contribution in [3.05, 3.63) is 25.3 Å². The van der Waals surface area contributed by atoms with Gasteiger partial charge in [-0.05, 0) is 40.5 Å². The first-order chi connectivity index (χ1) is 11.2. The predicted octanol–water partition coefficient (Wildman–Crippen LogP) is 5.67. The molecule has 132 valence electrons. The molecule has 0 N–H and O–H groups in total. The van der Waals surface area contributed by atoms with Crippen molar-refractivity contribution in [1.29, 1.82) is 0 Å².